The fraction of sp³-hybridized carbons (Fsp3) is 0.0556. The van der Waals surface area contributed by atoms with Gasteiger partial charge in [0.25, 0.3) is 0 Å². The number of aryl methyl sites for hydroxylation is 1. The van der Waals surface area contributed by atoms with Crippen molar-refractivity contribution in [2.24, 2.45) is 0 Å². The predicted molar refractivity (Wildman–Crippen MR) is 79.8 cm³/mol. The van der Waals surface area contributed by atoms with E-state index in [0.29, 0.717) is 0 Å². The molecule has 2 aromatic carbocycles. The Hall–Kier alpha value is -2.48. The molecule has 0 bridgehead atoms. The molecule has 1 aromatic heterocycles. The van der Waals surface area contributed by atoms with Gasteiger partial charge in [-0.2, -0.15) is 0 Å². The number of rotatable bonds is 2. The summed E-state index contributed by atoms with van der Waals surface area (Å²) in [5.74, 6) is -0.222. The molecule has 0 N–H and O–H groups in total. The van der Waals surface area contributed by atoms with Gasteiger partial charge < -0.3 is 0 Å². The summed E-state index contributed by atoms with van der Waals surface area (Å²) in [5, 5.41) is 0. The Kier molecular flexibility index (Phi) is 3.30. The minimum absolute atomic E-state index is 0.222. The average molecular weight is 263 g/mol. The van der Waals surface area contributed by atoms with Crippen LogP contribution in [0, 0.1) is 12.7 Å². The fourth-order valence-corrected chi connectivity index (χ4v) is 2.27. The van der Waals surface area contributed by atoms with Crippen LogP contribution in [-0.4, -0.2) is 4.98 Å². The van der Waals surface area contributed by atoms with Crippen LogP contribution in [0.4, 0.5) is 4.39 Å². The van der Waals surface area contributed by atoms with E-state index in [1.807, 2.05) is 18.2 Å². The summed E-state index contributed by atoms with van der Waals surface area (Å²) in [5.41, 5.74) is 5.23. The molecule has 0 aliphatic rings. The predicted octanol–water partition coefficient (Wildman–Crippen LogP) is 4.86. The molecule has 0 radical (unpaired) electrons. The van der Waals surface area contributed by atoms with Gasteiger partial charge in [0.15, 0.2) is 0 Å². The zero-order chi connectivity index (χ0) is 13.9. The van der Waals surface area contributed by atoms with E-state index >= 15 is 0 Å². The van der Waals surface area contributed by atoms with Crippen LogP contribution < -0.4 is 0 Å². The maximum absolute atomic E-state index is 13.1. The van der Waals surface area contributed by atoms with Crippen molar-refractivity contribution in [3.8, 4) is 22.4 Å². The molecule has 0 atom stereocenters. The summed E-state index contributed by atoms with van der Waals surface area (Å²) in [4.78, 5) is 4.42. The number of hydrogen-bond acceptors (Lipinski definition) is 1. The van der Waals surface area contributed by atoms with Crippen LogP contribution in [0.5, 0.6) is 0 Å². The van der Waals surface area contributed by atoms with Gasteiger partial charge in [0.2, 0.25) is 0 Å². The van der Waals surface area contributed by atoms with Gasteiger partial charge in [-0.05, 0) is 48.4 Å². The van der Waals surface area contributed by atoms with Crippen molar-refractivity contribution in [2.45, 2.75) is 6.92 Å². The normalized spacial score (nSPS) is 10.5. The summed E-state index contributed by atoms with van der Waals surface area (Å²) >= 11 is 0. The van der Waals surface area contributed by atoms with Crippen LogP contribution in [0.1, 0.15) is 5.56 Å². The molecule has 0 aliphatic carbocycles. The number of pyridine rings is 1. The molecule has 0 aliphatic heterocycles. The van der Waals surface area contributed by atoms with Crippen molar-refractivity contribution in [3.05, 3.63) is 78.2 Å². The van der Waals surface area contributed by atoms with E-state index in [9.17, 15) is 4.39 Å². The maximum atomic E-state index is 13.1. The molecule has 0 saturated heterocycles. The van der Waals surface area contributed by atoms with E-state index in [1.54, 1.807) is 18.3 Å². The van der Waals surface area contributed by atoms with Crippen molar-refractivity contribution < 1.29 is 4.39 Å². The number of halogens is 1. The molecule has 2 heteroatoms. The van der Waals surface area contributed by atoms with Crippen molar-refractivity contribution in [1.82, 2.24) is 4.98 Å². The lowest BCUT2D eigenvalue weighted by molar-refractivity contribution is 0.628. The first kappa shape index (κ1) is 12.5. The third-order valence-corrected chi connectivity index (χ3v) is 3.27. The van der Waals surface area contributed by atoms with Gasteiger partial charge in [0.1, 0.15) is 5.82 Å². The second-order valence-electron chi connectivity index (χ2n) is 4.77. The van der Waals surface area contributed by atoms with Crippen molar-refractivity contribution in [2.75, 3.05) is 0 Å². The Balaban J connectivity index is 2.19. The Labute approximate surface area is 117 Å². The maximum Gasteiger partial charge on any atom is 0.123 e. The highest BCUT2D eigenvalue weighted by molar-refractivity contribution is 5.82. The van der Waals surface area contributed by atoms with Crippen LogP contribution in [-0.2, 0) is 0 Å². The van der Waals surface area contributed by atoms with Gasteiger partial charge in [-0.15, -0.1) is 0 Å². The van der Waals surface area contributed by atoms with Crippen molar-refractivity contribution >= 4 is 0 Å². The lowest BCUT2D eigenvalue weighted by Crippen LogP contribution is -1.89. The Morgan fingerprint density at radius 1 is 0.850 bits per heavy atom. The molecule has 0 fully saturated rings. The zero-order valence-corrected chi connectivity index (χ0v) is 11.2. The lowest BCUT2D eigenvalue weighted by Gasteiger charge is -2.10. The van der Waals surface area contributed by atoms with Crippen LogP contribution in [0.3, 0.4) is 0 Å². The summed E-state index contributed by atoms with van der Waals surface area (Å²) < 4.78 is 13.1. The standard InChI is InChI=1S/C18H14FN/c1-13-5-10-16(14-6-8-15(19)9-7-14)17(12-13)18-4-2-3-11-20-18/h2-12H,1H3. The number of nitrogens with zero attached hydrogens (tertiary/aromatic N) is 1. The monoisotopic (exact) mass is 263 g/mol. The first-order valence-corrected chi connectivity index (χ1v) is 6.52. The molecule has 0 amide bonds. The number of aromatic nitrogens is 1. The topological polar surface area (TPSA) is 12.9 Å². The SMILES string of the molecule is Cc1ccc(-c2ccc(F)cc2)c(-c2ccccn2)c1. The Bertz CT molecular complexity index is 718. The Morgan fingerprint density at radius 3 is 2.35 bits per heavy atom. The molecule has 3 aromatic rings. The molecule has 1 nitrogen and oxygen atoms in total. The number of hydrogen-bond donors (Lipinski definition) is 0. The first-order chi connectivity index (χ1) is 9.74. The molecule has 0 spiro atoms. The van der Waals surface area contributed by atoms with E-state index in [4.69, 9.17) is 0 Å². The minimum atomic E-state index is -0.222. The summed E-state index contributed by atoms with van der Waals surface area (Å²) in [6, 6.07) is 18.7. The minimum Gasteiger partial charge on any atom is -0.256 e. The molecule has 1 heterocycles. The first-order valence-electron chi connectivity index (χ1n) is 6.52. The summed E-state index contributed by atoms with van der Waals surface area (Å²) in [6.45, 7) is 2.06. The van der Waals surface area contributed by atoms with E-state index in [2.05, 4.69) is 30.1 Å². The second kappa shape index (κ2) is 5.25. The molecule has 20 heavy (non-hydrogen) atoms. The largest absolute Gasteiger partial charge is 0.256 e. The third kappa shape index (κ3) is 2.45. The highest BCUT2D eigenvalue weighted by atomic mass is 19.1. The molecular formula is C18H14FN. The quantitative estimate of drug-likeness (QED) is 0.643. The van der Waals surface area contributed by atoms with E-state index in [-0.39, 0.29) is 5.82 Å². The highest BCUT2D eigenvalue weighted by Gasteiger charge is 2.08. The van der Waals surface area contributed by atoms with Crippen LogP contribution in [0.25, 0.3) is 22.4 Å². The molecule has 3 rings (SSSR count). The zero-order valence-electron chi connectivity index (χ0n) is 11.2. The lowest BCUT2D eigenvalue weighted by atomic mass is 9.95. The van der Waals surface area contributed by atoms with Gasteiger partial charge in [0.05, 0.1) is 5.69 Å². The fourth-order valence-electron chi connectivity index (χ4n) is 2.27. The second-order valence-corrected chi connectivity index (χ2v) is 4.77. The van der Waals surface area contributed by atoms with Crippen LogP contribution in [0.15, 0.2) is 66.9 Å². The molecular weight excluding hydrogens is 249 g/mol. The van der Waals surface area contributed by atoms with Crippen LogP contribution in [0.2, 0.25) is 0 Å². The average Bonchev–Trinajstić information content (AvgIpc) is 2.49. The third-order valence-electron chi connectivity index (χ3n) is 3.27. The molecule has 0 saturated carbocycles. The number of benzene rings is 2. The van der Waals surface area contributed by atoms with Crippen LogP contribution >= 0.6 is 0 Å². The van der Waals surface area contributed by atoms with E-state index in [1.165, 1.54) is 17.7 Å². The summed E-state index contributed by atoms with van der Waals surface area (Å²) in [6.07, 6.45) is 1.78. The molecule has 0 unspecified atom stereocenters. The molecule has 98 valence electrons. The van der Waals surface area contributed by atoms with E-state index in [0.717, 1.165) is 22.4 Å². The van der Waals surface area contributed by atoms with Gasteiger partial charge in [-0.3, -0.25) is 4.98 Å². The van der Waals surface area contributed by atoms with Gasteiger partial charge in [-0.25, -0.2) is 4.39 Å². The van der Waals surface area contributed by atoms with E-state index < -0.39 is 0 Å². The smallest absolute Gasteiger partial charge is 0.123 e. The highest BCUT2D eigenvalue weighted by Crippen LogP contribution is 2.31. The van der Waals surface area contributed by atoms with Gasteiger partial charge >= 0.3 is 0 Å². The summed E-state index contributed by atoms with van der Waals surface area (Å²) in [7, 11) is 0. The van der Waals surface area contributed by atoms with Gasteiger partial charge in [0, 0.05) is 11.8 Å². The van der Waals surface area contributed by atoms with Gasteiger partial charge in [-0.1, -0.05) is 35.9 Å². The Morgan fingerprint density at radius 2 is 1.65 bits per heavy atom. The van der Waals surface area contributed by atoms with Crippen molar-refractivity contribution in [1.29, 1.82) is 0 Å². The van der Waals surface area contributed by atoms with Crippen molar-refractivity contribution in [3.63, 3.8) is 0 Å².